The lowest BCUT2D eigenvalue weighted by molar-refractivity contribution is 0.277. The number of aromatic amines is 1. The third-order valence-electron chi connectivity index (χ3n) is 3.04. The van der Waals surface area contributed by atoms with E-state index in [1.54, 1.807) is 0 Å². The Hall–Kier alpha value is -0.850. The summed E-state index contributed by atoms with van der Waals surface area (Å²) < 4.78 is 26.6. The maximum atomic E-state index is 12.0. The van der Waals surface area contributed by atoms with E-state index in [2.05, 4.69) is 9.71 Å². The molecule has 0 aromatic carbocycles. The van der Waals surface area contributed by atoms with Crippen molar-refractivity contribution in [2.45, 2.75) is 44.7 Å². The fourth-order valence-corrected chi connectivity index (χ4v) is 2.82. The molecule has 1 aromatic heterocycles. The number of H-pyrrole nitrogens is 1. The number of hydrogen-bond donors (Lipinski definition) is 3. The second-order valence-corrected chi connectivity index (χ2v) is 6.03. The molecule has 0 aliphatic carbocycles. The van der Waals surface area contributed by atoms with Crippen LogP contribution in [-0.2, 0) is 16.6 Å². The molecule has 1 aromatic rings. The zero-order valence-corrected chi connectivity index (χ0v) is 11.2. The van der Waals surface area contributed by atoms with Gasteiger partial charge in [-0.05, 0) is 18.9 Å². The lowest BCUT2D eigenvalue weighted by Gasteiger charge is -2.19. The summed E-state index contributed by atoms with van der Waals surface area (Å²) in [6, 6.07) is 1.32. The molecular weight excluding hydrogens is 240 g/mol. The van der Waals surface area contributed by atoms with Gasteiger partial charge in [0.2, 0.25) is 10.0 Å². The number of rotatable bonds is 6. The third-order valence-corrected chi connectivity index (χ3v) is 4.57. The first kappa shape index (κ1) is 14.2. The van der Waals surface area contributed by atoms with E-state index in [0.29, 0.717) is 5.69 Å². The van der Waals surface area contributed by atoms with Crippen molar-refractivity contribution >= 4 is 10.0 Å². The Bertz CT molecular complexity index is 453. The van der Waals surface area contributed by atoms with Gasteiger partial charge in [0.05, 0.1) is 11.5 Å². The first-order valence-electron chi connectivity index (χ1n) is 5.71. The minimum absolute atomic E-state index is 0.113. The van der Waals surface area contributed by atoms with E-state index in [-0.39, 0.29) is 23.5 Å². The molecule has 0 saturated carbocycles. The highest BCUT2D eigenvalue weighted by Gasteiger charge is 2.21. The van der Waals surface area contributed by atoms with Crippen LogP contribution >= 0.6 is 0 Å². The van der Waals surface area contributed by atoms with E-state index in [4.69, 9.17) is 5.11 Å². The summed E-state index contributed by atoms with van der Waals surface area (Å²) in [6.07, 6.45) is 2.30. The van der Waals surface area contributed by atoms with Gasteiger partial charge in [0.25, 0.3) is 0 Å². The van der Waals surface area contributed by atoms with E-state index in [1.165, 1.54) is 12.3 Å². The van der Waals surface area contributed by atoms with Crippen molar-refractivity contribution in [3.05, 3.63) is 18.0 Å². The van der Waals surface area contributed by atoms with Gasteiger partial charge in [-0.1, -0.05) is 20.3 Å². The number of nitrogens with one attached hydrogen (secondary N) is 2. The lowest BCUT2D eigenvalue weighted by Crippen LogP contribution is -2.36. The predicted molar refractivity (Wildman–Crippen MR) is 66.0 cm³/mol. The zero-order chi connectivity index (χ0) is 13.1. The van der Waals surface area contributed by atoms with Crippen molar-refractivity contribution in [1.29, 1.82) is 0 Å². The summed E-state index contributed by atoms with van der Waals surface area (Å²) >= 11 is 0. The molecule has 3 N–H and O–H groups in total. The van der Waals surface area contributed by atoms with E-state index < -0.39 is 10.0 Å². The monoisotopic (exact) mass is 260 g/mol. The normalized spacial score (nSPS) is 15.8. The molecule has 5 nitrogen and oxygen atoms in total. The highest BCUT2D eigenvalue weighted by molar-refractivity contribution is 7.89. The molecular formula is C11H20N2O3S. The van der Waals surface area contributed by atoms with E-state index in [9.17, 15) is 8.42 Å². The van der Waals surface area contributed by atoms with Crippen LogP contribution in [0.1, 0.15) is 32.9 Å². The molecule has 0 aliphatic rings. The summed E-state index contributed by atoms with van der Waals surface area (Å²) in [5, 5.41) is 8.88. The quantitative estimate of drug-likeness (QED) is 0.719. The van der Waals surface area contributed by atoms with Crippen molar-refractivity contribution in [2.75, 3.05) is 0 Å². The molecule has 0 radical (unpaired) electrons. The van der Waals surface area contributed by atoms with Crippen LogP contribution in [0.15, 0.2) is 17.2 Å². The van der Waals surface area contributed by atoms with E-state index in [0.717, 1.165) is 6.42 Å². The average molecular weight is 260 g/mol. The number of aromatic nitrogens is 1. The summed E-state index contributed by atoms with van der Waals surface area (Å²) in [6.45, 7) is 5.68. The van der Waals surface area contributed by atoms with Crippen LogP contribution < -0.4 is 4.72 Å². The summed E-state index contributed by atoms with van der Waals surface area (Å²) in [4.78, 5) is 2.87. The van der Waals surface area contributed by atoms with E-state index >= 15 is 0 Å². The van der Waals surface area contributed by atoms with Crippen LogP contribution in [0.2, 0.25) is 0 Å². The standard InChI is InChI=1S/C11H20N2O3S/c1-4-8(2)9(3)13-17(15,16)11-5-10(7-14)12-6-11/h5-6,8-9,12-14H,4,7H2,1-3H3. The highest BCUT2D eigenvalue weighted by Crippen LogP contribution is 2.14. The molecule has 0 spiro atoms. The molecule has 0 saturated heterocycles. The number of sulfonamides is 1. The molecule has 0 fully saturated rings. The smallest absolute Gasteiger partial charge is 0.242 e. The summed E-state index contributed by atoms with van der Waals surface area (Å²) in [5.41, 5.74) is 0.488. The van der Waals surface area contributed by atoms with Gasteiger partial charge in [-0.2, -0.15) is 0 Å². The minimum Gasteiger partial charge on any atom is -0.390 e. The topological polar surface area (TPSA) is 82.2 Å². The molecule has 98 valence electrons. The van der Waals surface area contributed by atoms with Crippen LogP contribution in [0, 0.1) is 5.92 Å². The van der Waals surface area contributed by atoms with Crippen LogP contribution in [0.5, 0.6) is 0 Å². The van der Waals surface area contributed by atoms with Crippen molar-refractivity contribution < 1.29 is 13.5 Å². The maximum Gasteiger partial charge on any atom is 0.242 e. The Kier molecular flexibility index (Phi) is 4.73. The van der Waals surface area contributed by atoms with Crippen LogP contribution in [0.3, 0.4) is 0 Å². The lowest BCUT2D eigenvalue weighted by atomic mass is 10.0. The zero-order valence-electron chi connectivity index (χ0n) is 10.4. The molecule has 2 atom stereocenters. The fourth-order valence-electron chi connectivity index (χ4n) is 1.45. The maximum absolute atomic E-state index is 12.0. The average Bonchev–Trinajstić information content (AvgIpc) is 2.76. The van der Waals surface area contributed by atoms with Gasteiger partial charge in [-0.15, -0.1) is 0 Å². The second-order valence-electron chi connectivity index (χ2n) is 4.31. The SMILES string of the molecule is CCC(C)C(C)NS(=O)(=O)c1c[nH]c(CO)c1. The van der Waals surface area contributed by atoms with Gasteiger partial charge in [0.1, 0.15) is 0 Å². The Morgan fingerprint density at radius 3 is 2.59 bits per heavy atom. The van der Waals surface area contributed by atoms with Gasteiger partial charge in [-0.3, -0.25) is 0 Å². The van der Waals surface area contributed by atoms with Crippen LogP contribution in [0.4, 0.5) is 0 Å². The minimum atomic E-state index is -3.50. The Morgan fingerprint density at radius 2 is 2.12 bits per heavy atom. The van der Waals surface area contributed by atoms with Crippen LogP contribution in [0.25, 0.3) is 0 Å². The summed E-state index contributed by atoms with van der Waals surface area (Å²) in [5.74, 6) is 0.279. The molecule has 6 heteroatoms. The van der Waals surface area contributed by atoms with Crippen molar-refractivity contribution in [1.82, 2.24) is 9.71 Å². The molecule has 0 amide bonds. The molecule has 0 aliphatic heterocycles. The number of aliphatic hydroxyl groups is 1. The van der Waals surface area contributed by atoms with Crippen molar-refractivity contribution in [2.24, 2.45) is 5.92 Å². The fraction of sp³-hybridized carbons (Fsp3) is 0.636. The number of aliphatic hydroxyl groups excluding tert-OH is 1. The first-order valence-corrected chi connectivity index (χ1v) is 7.19. The van der Waals surface area contributed by atoms with Gasteiger partial charge in [-0.25, -0.2) is 13.1 Å². The molecule has 2 unspecified atom stereocenters. The Balaban J connectivity index is 2.81. The largest absolute Gasteiger partial charge is 0.390 e. The predicted octanol–water partition coefficient (Wildman–Crippen LogP) is 1.22. The van der Waals surface area contributed by atoms with E-state index in [1.807, 2.05) is 20.8 Å². The first-order chi connectivity index (χ1) is 7.90. The Labute approximate surface area is 102 Å². The second kappa shape index (κ2) is 5.66. The van der Waals surface area contributed by atoms with Crippen molar-refractivity contribution in [3.63, 3.8) is 0 Å². The third kappa shape index (κ3) is 3.55. The molecule has 1 heterocycles. The molecule has 1 rings (SSSR count). The molecule has 0 bridgehead atoms. The Morgan fingerprint density at radius 1 is 1.47 bits per heavy atom. The van der Waals surface area contributed by atoms with Gasteiger partial charge in [0.15, 0.2) is 0 Å². The van der Waals surface area contributed by atoms with Gasteiger partial charge >= 0.3 is 0 Å². The van der Waals surface area contributed by atoms with Gasteiger partial charge < -0.3 is 10.1 Å². The van der Waals surface area contributed by atoms with Crippen LogP contribution in [-0.4, -0.2) is 24.6 Å². The highest BCUT2D eigenvalue weighted by atomic mass is 32.2. The number of hydrogen-bond acceptors (Lipinski definition) is 3. The molecule has 17 heavy (non-hydrogen) atoms. The summed E-state index contributed by atoms with van der Waals surface area (Å²) in [7, 11) is -3.50. The van der Waals surface area contributed by atoms with Crippen molar-refractivity contribution in [3.8, 4) is 0 Å². The van der Waals surface area contributed by atoms with Gasteiger partial charge in [0, 0.05) is 17.9 Å².